The summed E-state index contributed by atoms with van der Waals surface area (Å²) in [5.74, 6) is -1.89. The number of carboxylic acid groups (broad SMARTS) is 1. The smallest absolute Gasteiger partial charge is 0.335 e. The van der Waals surface area contributed by atoms with Crippen LogP contribution in [0.25, 0.3) is 0 Å². The number of anilines is 1. The molecule has 0 bridgehead atoms. The number of carboxylic acids is 1. The van der Waals surface area contributed by atoms with Crippen LogP contribution in [0.2, 0.25) is 0 Å². The van der Waals surface area contributed by atoms with Crippen LogP contribution in [0.1, 0.15) is 39.1 Å². The van der Waals surface area contributed by atoms with Gasteiger partial charge in [0, 0.05) is 29.9 Å². The molecule has 0 aromatic heterocycles. The first-order chi connectivity index (χ1) is 13.0. The van der Waals surface area contributed by atoms with Gasteiger partial charge in [-0.1, -0.05) is 12.1 Å². The lowest BCUT2D eigenvalue weighted by molar-refractivity contribution is 0.0695. The molecule has 142 valence electrons. The highest BCUT2D eigenvalue weighted by molar-refractivity contribution is 7.99. The Bertz CT molecular complexity index is 836. The molecule has 0 unspecified atom stereocenters. The van der Waals surface area contributed by atoms with Crippen LogP contribution in [0, 0.1) is 5.82 Å². The lowest BCUT2D eigenvalue weighted by Crippen LogP contribution is -2.17. The number of nitrogens with one attached hydrogen (secondary N) is 1. The second-order valence-electron chi connectivity index (χ2n) is 6.28. The minimum Gasteiger partial charge on any atom is -0.478 e. The van der Waals surface area contributed by atoms with Crippen molar-refractivity contribution in [2.45, 2.75) is 23.8 Å². The summed E-state index contributed by atoms with van der Waals surface area (Å²) in [6, 6.07) is 10.7. The summed E-state index contributed by atoms with van der Waals surface area (Å²) in [5, 5.41) is 12.1. The second kappa shape index (κ2) is 9.01. The van der Waals surface area contributed by atoms with Gasteiger partial charge < -0.3 is 15.2 Å². The summed E-state index contributed by atoms with van der Waals surface area (Å²) >= 11 is 1.87. The van der Waals surface area contributed by atoms with Crippen LogP contribution in [-0.2, 0) is 10.5 Å². The molecule has 27 heavy (non-hydrogen) atoms. The minimum absolute atomic E-state index is 0.193. The van der Waals surface area contributed by atoms with Gasteiger partial charge in [-0.25, -0.2) is 9.18 Å². The maximum Gasteiger partial charge on any atom is 0.335 e. The number of hydrogen-bond donors (Lipinski definition) is 2. The van der Waals surface area contributed by atoms with Crippen molar-refractivity contribution in [2.24, 2.45) is 0 Å². The molecule has 2 aromatic carbocycles. The van der Waals surface area contributed by atoms with Crippen molar-refractivity contribution in [3.05, 3.63) is 65.0 Å². The van der Waals surface area contributed by atoms with Gasteiger partial charge in [0.1, 0.15) is 5.82 Å². The third kappa shape index (κ3) is 5.30. The molecule has 0 saturated carbocycles. The molecule has 3 rings (SSSR count). The van der Waals surface area contributed by atoms with E-state index in [0.29, 0.717) is 10.9 Å². The van der Waals surface area contributed by atoms with E-state index >= 15 is 0 Å². The lowest BCUT2D eigenvalue weighted by Gasteiger charge is -2.21. The fraction of sp³-hybridized carbons (Fsp3) is 0.300. The summed E-state index contributed by atoms with van der Waals surface area (Å²) in [6.07, 6.45) is 2.10. The third-order valence-corrected chi connectivity index (χ3v) is 5.74. The number of carbonyl (C=O) groups excluding carboxylic acids is 1. The molecule has 0 radical (unpaired) electrons. The quantitative estimate of drug-likeness (QED) is 0.775. The molecule has 1 aliphatic heterocycles. The number of aromatic carboxylic acids is 1. The molecule has 0 aliphatic carbocycles. The van der Waals surface area contributed by atoms with E-state index in [9.17, 15) is 14.0 Å². The van der Waals surface area contributed by atoms with Crippen LogP contribution in [0.3, 0.4) is 0 Å². The maximum atomic E-state index is 14.0. The van der Waals surface area contributed by atoms with E-state index in [1.165, 1.54) is 12.1 Å². The van der Waals surface area contributed by atoms with Crippen LogP contribution in [-0.4, -0.2) is 35.4 Å². The number of ether oxygens (including phenoxy) is 1. The summed E-state index contributed by atoms with van der Waals surface area (Å²) < 4.78 is 19.4. The van der Waals surface area contributed by atoms with E-state index in [1.807, 2.05) is 30.0 Å². The first-order valence-corrected chi connectivity index (χ1v) is 9.70. The first kappa shape index (κ1) is 19.4. The van der Waals surface area contributed by atoms with E-state index in [-0.39, 0.29) is 11.1 Å². The Morgan fingerprint density at radius 1 is 1.19 bits per heavy atom. The summed E-state index contributed by atoms with van der Waals surface area (Å²) in [7, 11) is 0. The predicted molar refractivity (Wildman–Crippen MR) is 103 cm³/mol. The molecule has 0 atom stereocenters. The van der Waals surface area contributed by atoms with E-state index in [2.05, 4.69) is 5.32 Å². The van der Waals surface area contributed by atoms with Crippen molar-refractivity contribution in [3.8, 4) is 0 Å². The Kier molecular flexibility index (Phi) is 6.47. The van der Waals surface area contributed by atoms with Gasteiger partial charge in [-0.15, -0.1) is 0 Å². The first-order valence-electron chi connectivity index (χ1n) is 8.65. The molecular formula is C20H20FNO4S. The van der Waals surface area contributed by atoms with Gasteiger partial charge in [-0.05, 0) is 48.7 Å². The van der Waals surface area contributed by atoms with Crippen LogP contribution >= 0.6 is 11.8 Å². The Hall–Kier alpha value is -2.38. The molecule has 0 spiro atoms. The highest BCUT2D eigenvalue weighted by atomic mass is 32.2. The summed E-state index contributed by atoms with van der Waals surface area (Å²) in [6.45, 7) is 1.61. The Labute approximate surface area is 160 Å². The number of benzene rings is 2. The molecule has 7 heteroatoms. The average molecular weight is 389 g/mol. The van der Waals surface area contributed by atoms with Crippen molar-refractivity contribution in [3.63, 3.8) is 0 Å². The number of amides is 1. The van der Waals surface area contributed by atoms with Crippen LogP contribution < -0.4 is 5.32 Å². The van der Waals surface area contributed by atoms with Gasteiger partial charge in [-0.2, -0.15) is 11.8 Å². The van der Waals surface area contributed by atoms with Gasteiger partial charge in [0.2, 0.25) is 0 Å². The largest absolute Gasteiger partial charge is 0.478 e. The van der Waals surface area contributed by atoms with Gasteiger partial charge in [0.25, 0.3) is 5.91 Å². The SMILES string of the molecule is O=C(O)c1ccc(C(=O)Nc2cccc(CSC3CCOCC3)c2)c(F)c1. The van der Waals surface area contributed by atoms with Gasteiger partial charge >= 0.3 is 5.97 Å². The Balaban J connectivity index is 1.63. The number of hydrogen-bond acceptors (Lipinski definition) is 4. The zero-order valence-electron chi connectivity index (χ0n) is 14.6. The number of thioether (sulfide) groups is 1. The minimum atomic E-state index is -1.24. The lowest BCUT2D eigenvalue weighted by atomic mass is 10.1. The molecule has 1 amide bonds. The van der Waals surface area contributed by atoms with Crippen molar-refractivity contribution in [2.75, 3.05) is 18.5 Å². The van der Waals surface area contributed by atoms with Gasteiger partial charge in [0.15, 0.2) is 0 Å². The van der Waals surface area contributed by atoms with Crippen LogP contribution in [0.5, 0.6) is 0 Å². The van der Waals surface area contributed by atoms with Crippen LogP contribution in [0.15, 0.2) is 42.5 Å². The standard InChI is InChI=1S/C20H20FNO4S/c21-18-11-14(20(24)25)4-5-17(18)19(23)22-15-3-1-2-13(10-15)12-27-16-6-8-26-9-7-16/h1-5,10-11,16H,6-9,12H2,(H,22,23)(H,24,25). The maximum absolute atomic E-state index is 14.0. The Morgan fingerprint density at radius 3 is 2.67 bits per heavy atom. The highest BCUT2D eigenvalue weighted by Gasteiger charge is 2.16. The molecule has 5 nitrogen and oxygen atoms in total. The topological polar surface area (TPSA) is 75.6 Å². The monoisotopic (exact) mass is 389 g/mol. The zero-order chi connectivity index (χ0) is 19.2. The molecule has 1 aliphatic rings. The molecule has 1 fully saturated rings. The molecular weight excluding hydrogens is 369 g/mol. The molecule has 1 saturated heterocycles. The predicted octanol–water partition coefficient (Wildman–Crippen LogP) is 4.19. The normalized spacial score (nSPS) is 14.7. The fourth-order valence-corrected chi connectivity index (χ4v) is 3.96. The highest BCUT2D eigenvalue weighted by Crippen LogP contribution is 2.26. The van der Waals surface area contributed by atoms with Gasteiger partial charge in [0.05, 0.1) is 11.1 Å². The third-order valence-electron chi connectivity index (χ3n) is 4.30. The second-order valence-corrected chi connectivity index (χ2v) is 7.57. The van der Waals surface area contributed by atoms with E-state index in [0.717, 1.165) is 43.4 Å². The average Bonchev–Trinajstić information content (AvgIpc) is 2.67. The number of rotatable bonds is 6. The van der Waals surface area contributed by atoms with Crippen molar-refractivity contribution < 1.29 is 23.8 Å². The molecule has 2 N–H and O–H groups in total. The van der Waals surface area contributed by atoms with E-state index in [1.54, 1.807) is 6.07 Å². The van der Waals surface area contributed by atoms with Crippen molar-refractivity contribution in [1.29, 1.82) is 0 Å². The Morgan fingerprint density at radius 2 is 1.96 bits per heavy atom. The molecule has 1 heterocycles. The van der Waals surface area contributed by atoms with Crippen LogP contribution in [0.4, 0.5) is 10.1 Å². The number of carbonyl (C=O) groups is 2. The number of halogens is 1. The molecule has 2 aromatic rings. The summed E-state index contributed by atoms with van der Waals surface area (Å²) in [4.78, 5) is 23.2. The van der Waals surface area contributed by atoms with E-state index in [4.69, 9.17) is 9.84 Å². The van der Waals surface area contributed by atoms with E-state index < -0.39 is 17.7 Å². The fourth-order valence-electron chi connectivity index (χ4n) is 2.83. The van der Waals surface area contributed by atoms with Crippen molar-refractivity contribution >= 4 is 29.3 Å². The zero-order valence-corrected chi connectivity index (χ0v) is 15.4. The summed E-state index contributed by atoms with van der Waals surface area (Å²) in [5.41, 5.74) is 1.26. The van der Waals surface area contributed by atoms with Gasteiger partial charge in [-0.3, -0.25) is 4.79 Å². The van der Waals surface area contributed by atoms with Crippen molar-refractivity contribution in [1.82, 2.24) is 0 Å².